The Bertz CT molecular complexity index is 347. The van der Waals surface area contributed by atoms with Crippen LogP contribution in [0.3, 0.4) is 0 Å². The van der Waals surface area contributed by atoms with Gasteiger partial charge < -0.3 is 5.11 Å². The molecule has 0 aliphatic carbocycles. The third-order valence-corrected chi connectivity index (χ3v) is 3.66. The highest BCUT2D eigenvalue weighted by molar-refractivity contribution is 9.10. The molecule has 1 aromatic heterocycles. The summed E-state index contributed by atoms with van der Waals surface area (Å²) in [6.45, 7) is 9.14. The van der Waals surface area contributed by atoms with Gasteiger partial charge in [0.25, 0.3) is 0 Å². The fourth-order valence-electron chi connectivity index (χ4n) is 1.91. The Balaban J connectivity index is 2.79. The first-order valence-electron chi connectivity index (χ1n) is 5.85. The molecule has 1 atom stereocenters. The van der Waals surface area contributed by atoms with Crippen LogP contribution in [0.15, 0.2) is 4.47 Å². The number of nitrogens with zero attached hydrogens (tertiary/aromatic N) is 2. The predicted octanol–water partition coefficient (Wildman–Crippen LogP) is 2.92. The second-order valence-electron chi connectivity index (χ2n) is 4.65. The number of aliphatic hydroxyl groups excluding tert-OH is 1. The fourth-order valence-corrected chi connectivity index (χ4v) is 2.36. The Labute approximate surface area is 106 Å². The normalized spacial score (nSPS) is 13.4. The molecule has 0 aliphatic rings. The topological polar surface area (TPSA) is 38.0 Å². The number of hydrogen-bond donors (Lipinski definition) is 1. The SMILES string of the molecule is CCn1nc(C)c(Br)c1CC(O)CC(C)C. The molecular weight excluding hydrogens is 268 g/mol. The molecular formula is C12H21BrN2O. The molecule has 0 spiro atoms. The van der Waals surface area contributed by atoms with Gasteiger partial charge >= 0.3 is 0 Å². The lowest BCUT2D eigenvalue weighted by Gasteiger charge is -2.14. The van der Waals surface area contributed by atoms with Crippen LogP contribution in [0.1, 0.15) is 38.6 Å². The van der Waals surface area contributed by atoms with Gasteiger partial charge in [0.1, 0.15) is 0 Å². The van der Waals surface area contributed by atoms with E-state index in [2.05, 4.69) is 41.8 Å². The number of rotatable bonds is 5. The van der Waals surface area contributed by atoms with Crippen molar-refractivity contribution in [3.63, 3.8) is 0 Å². The van der Waals surface area contributed by atoms with Gasteiger partial charge in [-0.2, -0.15) is 5.10 Å². The molecule has 0 amide bonds. The lowest BCUT2D eigenvalue weighted by molar-refractivity contribution is 0.146. The highest BCUT2D eigenvalue weighted by Gasteiger charge is 2.16. The number of aliphatic hydroxyl groups is 1. The molecule has 1 unspecified atom stereocenters. The van der Waals surface area contributed by atoms with Gasteiger partial charge in [-0.1, -0.05) is 13.8 Å². The molecule has 0 saturated heterocycles. The summed E-state index contributed by atoms with van der Waals surface area (Å²) in [4.78, 5) is 0. The molecule has 1 heterocycles. The van der Waals surface area contributed by atoms with E-state index in [4.69, 9.17) is 0 Å². The zero-order valence-corrected chi connectivity index (χ0v) is 12.1. The molecule has 1 aromatic rings. The van der Waals surface area contributed by atoms with E-state index in [-0.39, 0.29) is 6.10 Å². The van der Waals surface area contributed by atoms with E-state index < -0.39 is 0 Å². The van der Waals surface area contributed by atoms with Crippen molar-refractivity contribution < 1.29 is 5.11 Å². The van der Waals surface area contributed by atoms with Gasteiger partial charge in [-0.05, 0) is 42.1 Å². The number of aromatic nitrogens is 2. The quantitative estimate of drug-likeness (QED) is 0.905. The summed E-state index contributed by atoms with van der Waals surface area (Å²) in [5.41, 5.74) is 2.10. The Hall–Kier alpha value is -0.350. The Kier molecular flexibility index (Phi) is 4.99. The van der Waals surface area contributed by atoms with Crippen molar-refractivity contribution in [2.75, 3.05) is 0 Å². The minimum absolute atomic E-state index is 0.280. The second-order valence-corrected chi connectivity index (χ2v) is 5.44. The Morgan fingerprint density at radius 3 is 2.56 bits per heavy atom. The van der Waals surface area contributed by atoms with E-state index >= 15 is 0 Å². The average Bonchev–Trinajstić information content (AvgIpc) is 2.44. The van der Waals surface area contributed by atoms with Crippen LogP contribution in [0.4, 0.5) is 0 Å². The van der Waals surface area contributed by atoms with Crippen molar-refractivity contribution in [1.82, 2.24) is 9.78 Å². The van der Waals surface area contributed by atoms with Gasteiger partial charge in [-0.25, -0.2) is 0 Å². The second kappa shape index (κ2) is 5.82. The first-order chi connectivity index (χ1) is 7.45. The summed E-state index contributed by atoms with van der Waals surface area (Å²) >= 11 is 3.54. The van der Waals surface area contributed by atoms with E-state index in [1.165, 1.54) is 0 Å². The van der Waals surface area contributed by atoms with E-state index in [9.17, 15) is 5.11 Å². The first-order valence-corrected chi connectivity index (χ1v) is 6.64. The summed E-state index contributed by atoms with van der Waals surface area (Å²) < 4.78 is 3.00. The van der Waals surface area contributed by atoms with Crippen molar-refractivity contribution in [2.45, 2.75) is 53.2 Å². The van der Waals surface area contributed by atoms with Crippen molar-refractivity contribution in [2.24, 2.45) is 5.92 Å². The molecule has 16 heavy (non-hydrogen) atoms. The van der Waals surface area contributed by atoms with E-state index in [0.717, 1.165) is 28.8 Å². The predicted molar refractivity (Wildman–Crippen MR) is 69.5 cm³/mol. The number of hydrogen-bond acceptors (Lipinski definition) is 2. The number of aryl methyl sites for hydroxylation is 2. The van der Waals surface area contributed by atoms with E-state index in [0.29, 0.717) is 12.3 Å². The average molecular weight is 289 g/mol. The molecule has 0 aliphatic heterocycles. The van der Waals surface area contributed by atoms with E-state index in [1.807, 2.05) is 11.6 Å². The van der Waals surface area contributed by atoms with Crippen molar-refractivity contribution >= 4 is 15.9 Å². The maximum atomic E-state index is 9.96. The maximum Gasteiger partial charge on any atom is 0.0738 e. The third-order valence-electron chi connectivity index (χ3n) is 2.63. The minimum Gasteiger partial charge on any atom is -0.393 e. The first kappa shape index (κ1) is 13.7. The zero-order valence-electron chi connectivity index (χ0n) is 10.5. The van der Waals surface area contributed by atoms with Crippen molar-refractivity contribution in [1.29, 1.82) is 0 Å². The van der Waals surface area contributed by atoms with Gasteiger partial charge in [-0.3, -0.25) is 4.68 Å². The highest BCUT2D eigenvalue weighted by atomic mass is 79.9. The molecule has 0 bridgehead atoms. The molecule has 0 saturated carbocycles. The molecule has 0 fully saturated rings. The van der Waals surface area contributed by atoms with Gasteiger partial charge in [0.2, 0.25) is 0 Å². The van der Waals surface area contributed by atoms with Gasteiger partial charge in [0, 0.05) is 13.0 Å². The Morgan fingerprint density at radius 1 is 1.44 bits per heavy atom. The van der Waals surface area contributed by atoms with Crippen LogP contribution in [0.5, 0.6) is 0 Å². The lowest BCUT2D eigenvalue weighted by atomic mass is 10.0. The van der Waals surface area contributed by atoms with Gasteiger partial charge in [0.15, 0.2) is 0 Å². The van der Waals surface area contributed by atoms with Crippen molar-refractivity contribution in [3.05, 3.63) is 15.9 Å². The molecule has 3 nitrogen and oxygen atoms in total. The molecule has 92 valence electrons. The summed E-state index contributed by atoms with van der Waals surface area (Å²) in [6.07, 6.45) is 1.23. The van der Waals surface area contributed by atoms with Crippen LogP contribution >= 0.6 is 15.9 Å². The van der Waals surface area contributed by atoms with Crippen LogP contribution in [0.2, 0.25) is 0 Å². The van der Waals surface area contributed by atoms with Crippen molar-refractivity contribution in [3.8, 4) is 0 Å². The standard InChI is InChI=1S/C12H21BrN2O/c1-5-15-11(12(13)9(4)14-15)7-10(16)6-8(2)3/h8,10,16H,5-7H2,1-4H3. The number of halogens is 1. The monoisotopic (exact) mass is 288 g/mol. The summed E-state index contributed by atoms with van der Waals surface area (Å²) in [6, 6.07) is 0. The largest absolute Gasteiger partial charge is 0.393 e. The van der Waals surface area contributed by atoms with E-state index in [1.54, 1.807) is 0 Å². The summed E-state index contributed by atoms with van der Waals surface area (Å²) in [7, 11) is 0. The van der Waals surface area contributed by atoms with Crippen LogP contribution in [0, 0.1) is 12.8 Å². The fraction of sp³-hybridized carbons (Fsp3) is 0.750. The summed E-state index contributed by atoms with van der Waals surface area (Å²) in [5.74, 6) is 0.521. The zero-order chi connectivity index (χ0) is 12.3. The third kappa shape index (κ3) is 3.32. The lowest BCUT2D eigenvalue weighted by Crippen LogP contribution is -2.16. The smallest absolute Gasteiger partial charge is 0.0738 e. The van der Waals surface area contributed by atoms with Gasteiger partial charge in [0.05, 0.1) is 22.0 Å². The van der Waals surface area contributed by atoms with Crippen LogP contribution < -0.4 is 0 Å². The molecule has 0 aromatic carbocycles. The molecule has 4 heteroatoms. The molecule has 1 rings (SSSR count). The van der Waals surface area contributed by atoms with Gasteiger partial charge in [-0.15, -0.1) is 0 Å². The highest BCUT2D eigenvalue weighted by Crippen LogP contribution is 2.23. The van der Waals surface area contributed by atoms with Crippen LogP contribution in [0.25, 0.3) is 0 Å². The van der Waals surface area contributed by atoms with Crippen LogP contribution in [-0.4, -0.2) is 21.0 Å². The summed E-state index contributed by atoms with van der Waals surface area (Å²) in [5, 5.41) is 14.4. The Morgan fingerprint density at radius 2 is 2.06 bits per heavy atom. The van der Waals surface area contributed by atoms with Crippen LogP contribution in [-0.2, 0) is 13.0 Å². The molecule has 1 N–H and O–H groups in total. The molecule has 0 radical (unpaired) electrons. The maximum absolute atomic E-state index is 9.96. The minimum atomic E-state index is -0.280.